The van der Waals surface area contributed by atoms with Crippen LogP contribution in [0.25, 0.3) is 44.3 Å². The van der Waals surface area contributed by atoms with Crippen LogP contribution >= 0.6 is 0 Å². The van der Waals surface area contributed by atoms with Crippen LogP contribution in [0.2, 0.25) is 0 Å². The molecule has 263 valence electrons. The molecule has 0 fully saturated rings. The number of nitrogens with zero attached hydrogens (tertiary/aromatic N) is 3. The van der Waals surface area contributed by atoms with Gasteiger partial charge in [0.25, 0.3) is 0 Å². The van der Waals surface area contributed by atoms with Crippen LogP contribution in [0.5, 0.6) is 0 Å². The van der Waals surface area contributed by atoms with E-state index in [1.165, 1.54) is 17.0 Å². The van der Waals surface area contributed by atoms with E-state index in [9.17, 15) is 9.90 Å². The molecule has 0 unspecified atom stereocenters. The quantitative estimate of drug-likeness (QED) is 0.0810. The SMILES string of the molecule is CC(C)Cc1nccc2c(-c3cc(-c4[c-]c5ccccc5c(C(C)(C)C)c4)ncn3)coc12.CCC(CC)C(=O)/C=C(\O)C(CC)CC.[Ir]. The molecule has 0 saturated carbocycles. The number of aliphatic hydroxyl groups excluding tert-OH is 1. The largest absolute Gasteiger partial charge is 0.512 e. The van der Waals surface area contributed by atoms with E-state index < -0.39 is 0 Å². The van der Waals surface area contributed by atoms with Crippen molar-refractivity contribution in [2.75, 3.05) is 0 Å². The number of fused-ring (bicyclic) bond motifs is 2. The molecule has 0 bridgehead atoms. The Morgan fingerprint density at radius 1 is 0.898 bits per heavy atom. The van der Waals surface area contributed by atoms with Gasteiger partial charge in [-0.2, -0.15) is 0 Å². The van der Waals surface area contributed by atoms with Crippen LogP contribution < -0.4 is 0 Å². The van der Waals surface area contributed by atoms with Crippen molar-refractivity contribution in [1.29, 1.82) is 0 Å². The van der Waals surface area contributed by atoms with Gasteiger partial charge in [0.15, 0.2) is 11.4 Å². The molecule has 0 atom stereocenters. The van der Waals surface area contributed by atoms with Crippen LogP contribution in [0.3, 0.4) is 0 Å². The number of aromatic nitrogens is 3. The van der Waals surface area contributed by atoms with Crippen molar-refractivity contribution in [2.24, 2.45) is 17.8 Å². The van der Waals surface area contributed by atoms with Crippen molar-refractivity contribution in [1.82, 2.24) is 15.0 Å². The van der Waals surface area contributed by atoms with Crippen molar-refractivity contribution < 1.29 is 34.4 Å². The predicted octanol–water partition coefficient (Wildman–Crippen LogP) is 11.3. The molecular weight excluding hydrogens is 787 g/mol. The number of benzene rings is 2. The first-order valence-corrected chi connectivity index (χ1v) is 17.5. The summed E-state index contributed by atoms with van der Waals surface area (Å²) < 4.78 is 5.97. The van der Waals surface area contributed by atoms with Gasteiger partial charge in [-0.25, -0.2) is 4.98 Å². The molecule has 3 heterocycles. The second kappa shape index (κ2) is 17.8. The molecule has 5 aromatic rings. The summed E-state index contributed by atoms with van der Waals surface area (Å²) in [5, 5.41) is 13.1. The fourth-order valence-electron chi connectivity index (χ4n) is 6.17. The first-order valence-electron chi connectivity index (χ1n) is 17.5. The molecule has 0 aliphatic carbocycles. The van der Waals surface area contributed by atoms with Crippen molar-refractivity contribution in [3.05, 3.63) is 90.4 Å². The summed E-state index contributed by atoms with van der Waals surface area (Å²) in [4.78, 5) is 25.4. The first-order chi connectivity index (χ1) is 22.9. The van der Waals surface area contributed by atoms with E-state index in [0.29, 0.717) is 5.92 Å². The third-order valence-electron chi connectivity index (χ3n) is 9.05. The van der Waals surface area contributed by atoms with E-state index in [-0.39, 0.29) is 48.9 Å². The smallest absolute Gasteiger partial charge is 0.162 e. The molecule has 0 spiro atoms. The molecule has 1 N–H and O–H groups in total. The van der Waals surface area contributed by atoms with Gasteiger partial charge >= 0.3 is 0 Å². The Bertz CT molecular complexity index is 1860. The fraction of sp³-hybridized carbons (Fsp3) is 0.429. The molecule has 3 aromatic heterocycles. The number of pyridine rings is 1. The van der Waals surface area contributed by atoms with Crippen LogP contribution in [0, 0.1) is 23.8 Å². The van der Waals surface area contributed by atoms with Crippen LogP contribution in [-0.2, 0) is 36.7 Å². The number of furan rings is 1. The van der Waals surface area contributed by atoms with E-state index in [1.807, 2.05) is 46.0 Å². The van der Waals surface area contributed by atoms with E-state index in [2.05, 4.69) is 86.0 Å². The zero-order chi connectivity index (χ0) is 35.0. The van der Waals surface area contributed by atoms with Gasteiger partial charge in [-0.1, -0.05) is 91.5 Å². The molecule has 7 heteroatoms. The summed E-state index contributed by atoms with van der Waals surface area (Å²) in [6.45, 7) is 19.2. The Kier molecular flexibility index (Phi) is 14.5. The predicted molar refractivity (Wildman–Crippen MR) is 198 cm³/mol. The van der Waals surface area contributed by atoms with Crippen LogP contribution in [0.15, 0.2) is 77.5 Å². The summed E-state index contributed by atoms with van der Waals surface area (Å²) in [6, 6.07) is 18.2. The second-order valence-electron chi connectivity index (χ2n) is 14.1. The summed E-state index contributed by atoms with van der Waals surface area (Å²) in [7, 11) is 0. The second-order valence-corrected chi connectivity index (χ2v) is 14.1. The van der Waals surface area contributed by atoms with Gasteiger partial charge in [-0.15, -0.1) is 29.1 Å². The molecule has 5 rings (SSSR count). The third kappa shape index (κ3) is 9.73. The molecule has 0 saturated heterocycles. The van der Waals surface area contributed by atoms with Gasteiger partial charge in [-0.3, -0.25) is 14.8 Å². The average molecular weight is 839 g/mol. The zero-order valence-corrected chi connectivity index (χ0v) is 33.0. The van der Waals surface area contributed by atoms with Crippen molar-refractivity contribution >= 4 is 27.5 Å². The molecular formula is C42H52IrN3O3-. The number of hydrogen-bond acceptors (Lipinski definition) is 6. The van der Waals surface area contributed by atoms with Gasteiger partial charge < -0.3 is 9.52 Å². The Morgan fingerprint density at radius 2 is 1.55 bits per heavy atom. The monoisotopic (exact) mass is 839 g/mol. The Hall–Kier alpha value is -3.67. The van der Waals surface area contributed by atoms with Crippen molar-refractivity contribution in [3.63, 3.8) is 0 Å². The van der Waals surface area contributed by atoms with Crippen molar-refractivity contribution in [2.45, 2.75) is 99.8 Å². The maximum Gasteiger partial charge on any atom is 0.162 e. The van der Waals surface area contributed by atoms with Crippen LogP contribution in [0.4, 0.5) is 0 Å². The average Bonchev–Trinajstić information content (AvgIpc) is 3.50. The number of rotatable bonds is 11. The number of carbonyl (C=O) groups is 1. The van der Waals surface area contributed by atoms with E-state index >= 15 is 0 Å². The Labute approximate surface area is 306 Å². The molecule has 1 radical (unpaired) electrons. The minimum absolute atomic E-state index is 0. The standard InChI is InChI=1S/C29H28N3O.C13H24O2.Ir/c1-18(2)12-27-28-22(10-11-30-27)23(16-33-28)26-15-25(31-17-32-26)20-13-19-8-6-7-9-21(19)24(14-20)29(3,4)5;1-5-10(6-2)12(14)9-13(15)11(7-3)8-4;/h6-11,14-18H,12H2,1-5H3;9-11,14H,5-8H2,1-4H3;/q-1;;/b;12-9-;. The Morgan fingerprint density at radius 3 is 2.18 bits per heavy atom. The first kappa shape index (κ1) is 39.8. The summed E-state index contributed by atoms with van der Waals surface area (Å²) in [5.74, 6) is 1.05. The van der Waals surface area contributed by atoms with Gasteiger partial charge in [0.1, 0.15) is 12.6 Å². The maximum absolute atomic E-state index is 11.7. The molecule has 0 amide bonds. The van der Waals surface area contributed by atoms with Gasteiger partial charge in [-0.05, 0) is 55.6 Å². The number of ketones is 1. The van der Waals surface area contributed by atoms with Gasteiger partial charge in [0, 0.05) is 60.9 Å². The molecule has 0 aliphatic rings. The maximum atomic E-state index is 11.7. The summed E-state index contributed by atoms with van der Waals surface area (Å²) >= 11 is 0. The molecule has 6 nitrogen and oxygen atoms in total. The number of aliphatic hydroxyl groups is 1. The van der Waals surface area contributed by atoms with E-state index in [4.69, 9.17) is 4.42 Å². The van der Waals surface area contributed by atoms with Crippen molar-refractivity contribution in [3.8, 4) is 22.5 Å². The van der Waals surface area contributed by atoms with Gasteiger partial charge in [0.2, 0.25) is 0 Å². The number of hydrogen-bond donors (Lipinski definition) is 1. The minimum Gasteiger partial charge on any atom is -0.512 e. The fourth-order valence-corrected chi connectivity index (χ4v) is 6.17. The molecule has 2 aromatic carbocycles. The zero-order valence-electron chi connectivity index (χ0n) is 30.6. The van der Waals surface area contributed by atoms with Crippen LogP contribution in [0.1, 0.15) is 99.3 Å². The van der Waals surface area contributed by atoms with E-state index in [0.717, 1.165) is 76.7 Å². The Balaban J connectivity index is 0.000000347. The normalized spacial score (nSPS) is 12.0. The number of allylic oxidation sites excluding steroid dienone is 2. The minimum atomic E-state index is -0.000110. The molecule has 0 aliphatic heterocycles. The molecule has 49 heavy (non-hydrogen) atoms. The van der Waals surface area contributed by atoms with Crippen LogP contribution in [-0.4, -0.2) is 25.8 Å². The topological polar surface area (TPSA) is 89.1 Å². The van der Waals surface area contributed by atoms with E-state index in [1.54, 1.807) is 12.6 Å². The third-order valence-corrected chi connectivity index (χ3v) is 9.05. The summed E-state index contributed by atoms with van der Waals surface area (Å²) in [6.07, 6.45) is 11.0. The van der Waals surface area contributed by atoms with Gasteiger partial charge in [0.05, 0.1) is 17.1 Å². The number of carbonyl (C=O) groups excluding carboxylic acids is 1. The summed E-state index contributed by atoms with van der Waals surface area (Å²) in [5.41, 5.74) is 6.72.